The highest BCUT2D eigenvalue weighted by Gasteiger charge is 2.55. The van der Waals surface area contributed by atoms with Crippen molar-refractivity contribution in [2.75, 3.05) is 7.05 Å². The molecule has 3 rings (SSSR count). The molecule has 0 aromatic rings. The van der Waals surface area contributed by atoms with Gasteiger partial charge in [0.25, 0.3) is 0 Å². The summed E-state index contributed by atoms with van der Waals surface area (Å²) >= 11 is 0. The van der Waals surface area contributed by atoms with Crippen LogP contribution in [0.1, 0.15) is 19.3 Å². The summed E-state index contributed by atoms with van der Waals surface area (Å²) < 4.78 is 5.54. The van der Waals surface area contributed by atoms with Crippen molar-refractivity contribution in [3.8, 4) is 0 Å². The predicted molar refractivity (Wildman–Crippen MR) is 37.9 cm³/mol. The zero-order chi connectivity index (χ0) is 6.72. The summed E-state index contributed by atoms with van der Waals surface area (Å²) in [6, 6.07) is 1.64. The Labute approximate surface area is 61.1 Å². The predicted octanol–water partition coefficient (Wildman–Crippen LogP) is 0.620. The molecule has 2 bridgehead atoms. The second-order valence-electron chi connectivity index (χ2n) is 3.84. The normalized spacial score (nSPS) is 58.5. The summed E-state index contributed by atoms with van der Waals surface area (Å²) in [5, 5.41) is 0. The highest BCUT2D eigenvalue weighted by molar-refractivity contribution is 5.07. The maximum absolute atomic E-state index is 5.54. The van der Waals surface area contributed by atoms with Gasteiger partial charge in [0.15, 0.2) is 0 Å². The van der Waals surface area contributed by atoms with Crippen LogP contribution < -0.4 is 0 Å². The Morgan fingerprint density at radius 3 is 3.20 bits per heavy atom. The monoisotopic (exact) mass is 139 g/mol. The van der Waals surface area contributed by atoms with Crippen LogP contribution in [0.5, 0.6) is 0 Å². The lowest BCUT2D eigenvalue weighted by atomic mass is 10.0. The van der Waals surface area contributed by atoms with Gasteiger partial charge >= 0.3 is 0 Å². The van der Waals surface area contributed by atoms with E-state index in [4.69, 9.17) is 4.74 Å². The number of likely N-dealkylation sites (N-methyl/N-ethyl adjacent to an activating group) is 1. The van der Waals surface area contributed by atoms with Crippen molar-refractivity contribution < 1.29 is 4.74 Å². The van der Waals surface area contributed by atoms with E-state index in [-0.39, 0.29) is 0 Å². The second kappa shape index (κ2) is 1.56. The Balaban J connectivity index is 1.92. The molecule has 4 unspecified atom stereocenters. The zero-order valence-electron chi connectivity index (χ0n) is 6.29. The Kier molecular flexibility index (Phi) is 0.868. The van der Waals surface area contributed by atoms with Gasteiger partial charge in [0.05, 0.1) is 12.2 Å². The highest BCUT2D eigenvalue weighted by atomic mass is 16.6. The van der Waals surface area contributed by atoms with Gasteiger partial charge in [-0.15, -0.1) is 0 Å². The molecule has 0 aromatic carbocycles. The third-order valence-corrected chi connectivity index (χ3v) is 3.40. The molecule has 3 fully saturated rings. The molecular weight excluding hydrogens is 126 g/mol. The number of piperidine rings is 1. The first-order chi connectivity index (χ1) is 4.86. The Hall–Kier alpha value is -0.0800. The summed E-state index contributed by atoms with van der Waals surface area (Å²) in [7, 11) is 2.25. The van der Waals surface area contributed by atoms with Crippen molar-refractivity contribution >= 4 is 0 Å². The molecule has 0 spiro atoms. The van der Waals surface area contributed by atoms with E-state index < -0.39 is 0 Å². The van der Waals surface area contributed by atoms with Crippen LogP contribution in [0, 0.1) is 0 Å². The molecule has 0 amide bonds. The molecule has 3 aliphatic rings. The first-order valence-corrected chi connectivity index (χ1v) is 4.23. The van der Waals surface area contributed by atoms with Crippen molar-refractivity contribution in [2.24, 2.45) is 0 Å². The van der Waals surface area contributed by atoms with Gasteiger partial charge < -0.3 is 4.74 Å². The largest absolute Gasteiger partial charge is 0.368 e. The number of rotatable bonds is 0. The highest BCUT2D eigenvalue weighted by Crippen LogP contribution is 2.45. The van der Waals surface area contributed by atoms with Gasteiger partial charge in [-0.05, 0) is 26.3 Å². The number of fused-ring (bicyclic) bond motifs is 4. The molecule has 0 aromatic heterocycles. The maximum atomic E-state index is 5.54. The van der Waals surface area contributed by atoms with Crippen molar-refractivity contribution in [1.82, 2.24) is 4.90 Å². The van der Waals surface area contributed by atoms with E-state index in [0.717, 1.165) is 12.1 Å². The lowest BCUT2D eigenvalue weighted by Gasteiger charge is -2.27. The molecule has 2 heteroatoms. The molecule has 10 heavy (non-hydrogen) atoms. The summed E-state index contributed by atoms with van der Waals surface area (Å²) in [5.74, 6) is 0. The van der Waals surface area contributed by atoms with Crippen molar-refractivity contribution in [3.63, 3.8) is 0 Å². The lowest BCUT2D eigenvalue weighted by molar-refractivity contribution is 0.197. The van der Waals surface area contributed by atoms with E-state index in [9.17, 15) is 0 Å². The van der Waals surface area contributed by atoms with Crippen molar-refractivity contribution in [3.05, 3.63) is 0 Å². The number of epoxide rings is 1. The number of hydrogen-bond donors (Lipinski definition) is 0. The van der Waals surface area contributed by atoms with Gasteiger partial charge in [-0.25, -0.2) is 0 Å². The third kappa shape index (κ3) is 0.523. The molecule has 56 valence electrons. The van der Waals surface area contributed by atoms with Gasteiger partial charge in [-0.2, -0.15) is 0 Å². The molecule has 3 saturated heterocycles. The van der Waals surface area contributed by atoms with Gasteiger partial charge in [0.2, 0.25) is 0 Å². The Morgan fingerprint density at radius 2 is 2.30 bits per heavy atom. The molecule has 2 nitrogen and oxygen atoms in total. The molecular formula is C8H13NO. The average Bonchev–Trinajstić information content (AvgIpc) is 2.55. The number of ether oxygens (including phenoxy) is 1. The van der Waals surface area contributed by atoms with Gasteiger partial charge in [0.1, 0.15) is 0 Å². The quantitative estimate of drug-likeness (QED) is 0.457. The molecule has 0 radical (unpaired) electrons. The molecule has 0 saturated carbocycles. The fourth-order valence-electron chi connectivity index (χ4n) is 2.67. The van der Waals surface area contributed by atoms with E-state index in [1.807, 2.05) is 0 Å². The summed E-state index contributed by atoms with van der Waals surface area (Å²) in [5.41, 5.74) is 0. The van der Waals surface area contributed by atoms with E-state index in [1.54, 1.807) is 0 Å². The summed E-state index contributed by atoms with van der Waals surface area (Å²) in [4.78, 5) is 2.52. The van der Waals surface area contributed by atoms with E-state index in [1.165, 1.54) is 19.3 Å². The van der Waals surface area contributed by atoms with Crippen LogP contribution in [0.15, 0.2) is 0 Å². The van der Waals surface area contributed by atoms with Crippen LogP contribution in [-0.4, -0.2) is 36.2 Å². The standard InChI is InChI=1S/C8H13NO/c1-9-5-2-3-6(9)8-7(4-5)10-8/h5-8H,2-4H2,1H3. The van der Waals surface area contributed by atoms with Crippen molar-refractivity contribution in [1.29, 1.82) is 0 Å². The molecule has 3 aliphatic heterocycles. The number of nitrogens with zero attached hydrogens (tertiary/aromatic N) is 1. The minimum atomic E-state index is 0.628. The molecule has 0 aliphatic carbocycles. The Bertz CT molecular complexity index is 171. The fourth-order valence-corrected chi connectivity index (χ4v) is 2.67. The van der Waals surface area contributed by atoms with Crippen molar-refractivity contribution in [2.45, 2.75) is 43.6 Å². The van der Waals surface area contributed by atoms with Crippen LogP contribution in [0.3, 0.4) is 0 Å². The van der Waals surface area contributed by atoms with E-state index in [0.29, 0.717) is 12.2 Å². The average molecular weight is 139 g/mol. The minimum Gasteiger partial charge on any atom is -0.368 e. The van der Waals surface area contributed by atoms with Gasteiger partial charge in [0, 0.05) is 12.1 Å². The molecule has 3 heterocycles. The fraction of sp³-hybridized carbons (Fsp3) is 1.00. The van der Waals surface area contributed by atoms with E-state index >= 15 is 0 Å². The molecule has 4 atom stereocenters. The Morgan fingerprint density at radius 1 is 1.40 bits per heavy atom. The topological polar surface area (TPSA) is 15.8 Å². The van der Waals surface area contributed by atoms with Crippen LogP contribution in [-0.2, 0) is 4.74 Å². The van der Waals surface area contributed by atoms with Crippen LogP contribution in [0.2, 0.25) is 0 Å². The maximum Gasteiger partial charge on any atom is 0.0997 e. The first-order valence-electron chi connectivity index (χ1n) is 4.23. The summed E-state index contributed by atoms with van der Waals surface area (Å²) in [6.45, 7) is 0. The summed E-state index contributed by atoms with van der Waals surface area (Å²) in [6.07, 6.45) is 5.38. The minimum absolute atomic E-state index is 0.628. The van der Waals surface area contributed by atoms with Gasteiger partial charge in [-0.3, -0.25) is 4.90 Å². The van der Waals surface area contributed by atoms with Crippen LogP contribution in [0.4, 0.5) is 0 Å². The SMILES string of the molecule is CN1C2CCC1C1OC1C2. The lowest BCUT2D eigenvalue weighted by Crippen LogP contribution is -2.41. The van der Waals surface area contributed by atoms with Gasteiger partial charge in [-0.1, -0.05) is 0 Å². The third-order valence-electron chi connectivity index (χ3n) is 3.40. The smallest absolute Gasteiger partial charge is 0.0997 e. The number of hydrogen-bond acceptors (Lipinski definition) is 2. The van der Waals surface area contributed by atoms with E-state index in [2.05, 4.69) is 11.9 Å². The van der Waals surface area contributed by atoms with Crippen LogP contribution in [0.25, 0.3) is 0 Å². The first kappa shape index (κ1) is 5.56. The molecule has 0 N–H and O–H groups in total. The van der Waals surface area contributed by atoms with Crippen LogP contribution >= 0.6 is 0 Å². The zero-order valence-corrected chi connectivity index (χ0v) is 6.29. The second-order valence-corrected chi connectivity index (χ2v) is 3.84.